The van der Waals surface area contributed by atoms with E-state index in [9.17, 15) is 9.59 Å². The molecule has 2 aromatic heterocycles. The summed E-state index contributed by atoms with van der Waals surface area (Å²) < 4.78 is 6.79. The number of carbonyl (C=O) groups excluding carboxylic acids is 1. The summed E-state index contributed by atoms with van der Waals surface area (Å²) in [5, 5.41) is 3.51. The Bertz CT molecular complexity index is 888. The third kappa shape index (κ3) is 3.39. The van der Waals surface area contributed by atoms with E-state index in [0.717, 1.165) is 24.8 Å². The second kappa shape index (κ2) is 7.02. The van der Waals surface area contributed by atoms with E-state index in [4.69, 9.17) is 9.72 Å². The smallest absolute Gasteiger partial charge is 0.409 e. The molecule has 142 valence electrons. The van der Waals surface area contributed by atoms with Crippen molar-refractivity contribution in [2.75, 3.05) is 25.0 Å². The first-order valence-corrected chi connectivity index (χ1v) is 9.32. The van der Waals surface area contributed by atoms with Crippen molar-refractivity contribution in [1.82, 2.24) is 19.4 Å². The zero-order valence-electron chi connectivity index (χ0n) is 15.4. The number of hydrogen-bond acceptors (Lipinski definition) is 6. The highest BCUT2D eigenvalue weighted by Crippen LogP contribution is 2.34. The van der Waals surface area contributed by atoms with Gasteiger partial charge in [-0.3, -0.25) is 14.3 Å². The van der Waals surface area contributed by atoms with E-state index in [-0.39, 0.29) is 17.2 Å². The Morgan fingerprint density at radius 3 is 2.63 bits per heavy atom. The van der Waals surface area contributed by atoms with Crippen LogP contribution in [0, 0.1) is 0 Å². The molecule has 2 aliphatic heterocycles. The number of fused-ring (bicyclic) bond motifs is 1. The molecule has 27 heavy (non-hydrogen) atoms. The fourth-order valence-corrected chi connectivity index (χ4v) is 3.82. The minimum atomic E-state index is -0.252. The van der Waals surface area contributed by atoms with Crippen molar-refractivity contribution in [1.29, 1.82) is 0 Å². The molecule has 0 aliphatic carbocycles. The van der Waals surface area contributed by atoms with Crippen molar-refractivity contribution in [2.45, 2.75) is 38.3 Å². The SMILES string of the molecule is CCOC(=O)N1CCC2(CC1)CCn1c(nc(-c3ccncc3)cc1=O)N2. The van der Waals surface area contributed by atoms with Gasteiger partial charge in [-0.25, -0.2) is 9.78 Å². The molecular weight excluding hydrogens is 346 g/mol. The minimum absolute atomic E-state index is 0.0573. The van der Waals surface area contributed by atoms with Gasteiger partial charge in [-0.05, 0) is 38.3 Å². The fraction of sp³-hybridized carbons (Fsp3) is 0.474. The fourth-order valence-electron chi connectivity index (χ4n) is 3.82. The lowest BCUT2D eigenvalue weighted by molar-refractivity contribution is 0.0868. The molecule has 1 N–H and O–H groups in total. The summed E-state index contributed by atoms with van der Waals surface area (Å²) in [5.41, 5.74) is 1.31. The number of nitrogens with one attached hydrogen (secondary N) is 1. The number of rotatable bonds is 2. The number of piperidine rings is 1. The van der Waals surface area contributed by atoms with Crippen LogP contribution in [0.5, 0.6) is 0 Å². The number of nitrogens with zero attached hydrogens (tertiary/aromatic N) is 4. The zero-order chi connectivity index (χ0) is 18.9. The van der Waals surface area contributed by atoms with E-state index in [1.54, 1.807) is 27.9 Å². The topological polar surface area (TPSA) is 89.3 Å². The third-order valence-corrected chi connectivity index (χ3v) is 5.42. The highest BCUT2D eigenvalue weighted by atomic mass is 16.6. The van der Waals surface area contributed by atoms with Crippen molar-refractivity contribution in [2.24, 2.45) is 0 Å². The van der Waals surface area contributed by atoms with E-state index in [0.29, 0.717) is 37.9 Å². The van der Waals surface area contributed by atoms with Crippen molar-refractivity contribution < 1.29 is 9.53 Å². The Morgan fingerprint density at radius 1 is 1.22 bits per heavy atom. The summed E-state index contributed by atoms with van der Waals surface area (Å²) in [4.78, 5) is 34.9. The van der Waals surface area contributed by atoms with Gasteiger partial charge >= 0.3 is 6.09 Å². The van der Waals surface area contributed by atoms with Gasteiger partial charge in [0.15, 0.2) is 0 Å². The summed E-state index contributed by atoms with van der Waals surface area (Å²) in [5.74, 6) is 0.602. The number of pyridine rings is 1. The summed E-state index contributed by atoms with van der Waals surface area (Å²) >= 11 is 0. The van der Waals surface area contributed by atoms with Gasteiger partial charge < -0.3 is 15.0 Å². The maximum Gasteiger partial charge on any atom is 0.409 e. The van der Waals surface area contributed by atoms with Crippen molar-refractivity contribution >= 4 is 12.0 Å². The average Bonchev–Trinajstić information content (AvgIpc) is 2.69. The maximum atomic E-state index is 12.5. The van der Waals surface area contributed by atoms with Gasteiger partial charge in [-0.1, -0.05) is 0 Å². The Balaban J connectivity index is 1.56. The van der Waals surface area contributed by atoms with Gasteiger partial charge in [-0.15, -0.1) is 0 Å². The number of aromatic nitrogens is 3. The molecule has 0 unspecified atom stereocenters. The van der Waals surface area contributed by atoms with Crippen LogP contribution >= 0.6 is 0 Å². The highest BCUT2D eigenvalue weighted by molar-refractivity contribution is 5.67. The van der Waals surface area contributed by atoms with Gasteiger partial charge in [0.05, 0.1) is 12.3 Å². The molecule has 2 aromatic rings. The van der Waals surface area contributed by atoms with E-state index in [1.807, 2.05) is 19.1 Å². The van der Waals surface area contributed by atoms with Crippen LogP contribution in [0.4, 0.5) is 10.7 Å². The van der Waals surface area contributed by atoms with Crippen molar-refractivity contribution in [3.8, 4) is 11.3 Å². The summed E-state index contributed by atoms with van der Waals surface area (Å²) in [6.07, 6.45) is 5.58. The van der Waals surface area contributed by atoms with Crippen LogP contribution in [0.2, 0.25) is 0 Å². The van der Waals surface area contributed by atoms with Gasteiger partial charge in [0, 0.05) is 49.2 Å². The predicted octanol–water partition coefficient (Wildman–Crippen LogP) is 2.11. The lowest BCUT2D eigenvalue weighted by Crippen LogP contribution is -2.54. The minimum Gasteiger partial charge on any atom is -0.450 e. The van der Waals surface area contributed by atoms with Crippen LogP contribution < -0.4 is 10.9 Å². The first-order chi connectivity index (χ1) is 13.1. The molecule has 8 nitrogen and oxygen atoms in total. The molecule has 4 rings (SSSR count). The maximum absolute atomic E-state index is 12.5. The van der Waals surface area contributed by atoms with Crippen LogP contribution in [-0.2, 0) is 11.3 Å². The summed E-state index contributed by atoms with van der Waals surface area (Å²) in [7, 11) is 0. The van der Waals surface area contributed by atoms with E-state index >= 15 is 0 Å². The average molecular weight is 369 g/mol. The Hall–Kier alpha value is -2.90. The van der Waals surface area contributed by atoms with Crippen molar-refractivity contribution in [3.05, 3.63) is 40.9 Å². The standard InChI is InChI=1S/C19H23N5O3/c1-2-27-18(26)23-10-5-19(6-11-23)7-12-24-16(25)13-15(21-17(24)22-19)14-3-8-20-9-4-14/h3-4,8-9,13H,2,5-7,10-12H2,1H3,(H,21,22). The molecule has 4 heterocycles. The first kappa shape index (κ1) is 17.5. The first-order valence-electron chi connectivity index (χ1n) is 9.32. The Kier molecular flexibility index (Phi) is 4.55. The van der Waals surface area contributed by atoms with Crippen LogP contribution in [0.3, 0.4) is 0 Å². The lowest BCUT2D eigenvalue weighted by Gasteiger charge is -2.45. The molecule has 2 aliphatic rings. The molecule has 0 saturated carbocycles. The predicted molar refractivity (Wildman–Crippen MR) is 101 cm³/mol. The number of likely N-dealkylation sites (tertiary alicyclic amines) is 1. The third-order valence-electron chi connectivity index (χ3n) is 5.42. The quantitative estimate of drug-likeness (QED) is 0.872. The number of amides is 1. The largest absolute Gasteiger partial charge is 0.450 e. The normalized spacial score (nSPS) is 17.9. The van der Waals surface area contributed by atoms with Crippen molar-refractivity contribution in [3.63, 3.8) is 0 Å². The van der Waals surface area contributed by atoms with Crippen LogP contribution in [-0.4, -0.2) is 50.8 Å². The molecule has 0 atom stereocenters. The number of carbonyl (C=O) groups is 1. The van der Waals surface area contributed by atoms with Crippen LogP contribution in [0.25, 0.3) is 11.3 Å². The molecule has 0 aromatic carbocycles. The lowest BCUT2D eigenvalue weighted by atomic mass is 9.83. The zero-order valence-corrected chi connectivity index (χ0v) is 15.4. The Labute approximate surface area is 157 Å². The molecule has 0 radical (unpaired) electrons. The van der Waals surface area contributed by atoms with E-state index in [2.05, 4.69) is 10.3 Å². The molecule has 1 spiro atoms. The van der Waals surface area contributed by atoms with Gasteiger partial charge in [0.2, 0.25) is 5.95 Å². The summed E-state index contributed by atoms with van der Waals surface area (Å²) in [6, 6.07) is 5.26. The van der Waals surface area contributed by atoms with E-state index in [1.165, 1.54) is 0 Å². The molecule has 1 amide bonds. The molecule has 1 fully saturated rings. The Morgan fingerprint density at radius 2 is 1.93 bits per heavy atom. The van der Waals surface area contributed by atoms with Gasteiger partial charge in [0.25, 0.3) is 5.56 Å². The number of anilines is 1. The van der Waals surface area contributed by atoms with Gasteiger partial charge in [-0.2, -0.15) is 0 Å². The van der Waals surface area contributed by atoms with Crippen LogP contribution in [0.1, 0.15) is 26.2 Å². The highest BCUT2D eigenvalue weighted by Gasteiger charge is 2.39. The second-order valence-electron chi connectivity index (χ2n) is 7.03. The molecule has 0 bridgehead atoms. The summed E-state index contributed by atoms with van der Waals surface area (Å²) in [6.45, 7) is 4.11. The molecular formula is C19H23N5O3. The molecule has 8 heteroatoms. The molecule has 1 saturated heterocycles. The monoisotopic (exact) mass is 369 g/mol. The number of ether oxygens (including phenoxy) is 1. The number of hydrogen-bond donors (Lipinski definition) is 1. The second-order valence-corrected chi connectivity index (χ2v) is 7.03. The van der Waals surface area contributed by atoms with Crippen LogP contribution in [0.15, 0.2) is 35.4 Å². The van der Waals surface area contributed by atoms with E-state index < -0.39 is 0 Å². The van der Waals surface area contributed by atoms with Gasteiger partial charge in [0.1, 0.15) is 0 Å².